The van der Waals surface area contributed by atoms with Gasteiger partial charge in [-0.15, -0.1) is 0 Å². The molecule has 70 heavy (non-hydrogen) atoms. The van der Waals surface area contributed by atoms with Crippen molar-refractivity contribution >= 4 is 92.2 Å². The lowest BCUT2D eigenvalue weighted by Crippen LogP contribution is -2.77. The third-order valence-electron chi connectivity index (χ3n) is 14.1. The lowest BCUT2D eigenvalue weighted by atomic mass is 10.2. The first-order valence-corrected chi connectivity index (χ1v) is 27.7. The maximum absolute atomic E-state index is 5.55. The van der Waals surface area contributed by atoms with Crippen LogP contribution in [0.15, 0.2) is 267 Å². The molecule has 13 rings (SSSR count). The Morgan fingerprint density at radius 2 is 0.600 bits per heavy atom. The van der Waals surface area contributed by atoms with Gasteiger partial charge in [-0.25, -0.2) is 9.97 Å². The first-order chi connectivity index (χ1) is 34.7. The SMILES string of the molecule is c1ccc(-c2nc(-c3cccc(N4c5ccccc5[Si](c5ccccc5)(c5ccccc5)c5ccccc54)n3)nc(N3c4ccccc4[Si](c4ccccc4)(c4ccccc4)c4ccccc43)n2)cc1. The summed E-state index contributed by atoms with van der Waals surface area (Å²) in [6.07, 6.45) is 0. The second kappa shape index (κ2) is 17.0. The van der Waals surface area contributed by atoms with Crippen LogP contribution in [0.5, 0.6) is 0 Å². The Labute approximate surface area is 409 Å². The van der Waals surface area contributed by atoms with Gasteiger partial charge in [-0.2, -0.15) is 9.97 Å². The summed E-state index contributed by atoms with van der Waals surface area (Å²) in [4.78, 5) is 26.2. The van der Waals surface area contributed by atoms with Crippen LogP contribution in [-0.4, -0.2) is 36.1 Å². The average Bonchev–Trinajstić information content (AvgIpc) is 3.45. The minimum Gasteiger partial charge on any atom is -0.295 e. The fourth-order valence-corrected chi connectivity index (χ4v) is 21.5. The molecule has 0 unspecified atom stereocenters. The van der Waals surface area contributed by atoms with Gasteiger partial charge in [0.2, 0.25) is 5.95 Å². The zero-order valence-electron chi connectivity index (χ0n) is 38.1. The number of rotatable bonds is 8. The van der Waals surface area contributed by atoms with E-state index >= 15 is 0 Å². The molecule has 4 heterocycles. The lowest BCUT2D eigenvalue weighted by molar-refractivity contribution is 1.01. The Morgan fingerprint density at radius 3 is 1.01 bits per heavy atom. The molecule has 0 spiro atoms. The second-order valence-corrected chi connectivity index (χ2v) is 25.2. The standard InChI is InChI=1S/C62H44N6Si2/c1-6-25-45(26-7-1)60-64-61(66-62(65-60)68-53-38-18-22-42-57(53)70(48-31-12-4-13-32-48,49-33-14-5-15-34-49)58-43-23-19-39-54(58)68)50-35-24-44-59(63-50)67-51-36-16-20-40-55(51)69(46-27-8-2-9-28-46,47-29-10-3-11-30-47)56-41-21-17-37-52(56)67/h1-44H. The summed E-state index contributed by atoms with van der Waals surface area (Å²) in [5.41, 5.74) is 5.84. The second-order valence-electron chi connectivity index (χ2n) is 17.7. The highest BCUT2D eigenvalue weighted by Crippen LogP contribution is 2.40. The van der Waals surface area contributed by atoms with E-state index in [-0.39, 0.29) is 0 Å². The van der Waals surface area contributed by atoms with Crippen molar-refractivity contribution in [2.45, 2.75) is 0 Å². The average molecular weight is 929 g/mol. The number of pyridine rings is 1. The third-order valence-corrected chi connectivity index (χ3v) is 23.8. The number of benzene rings is 9. The zero-order chi connectivity index (χ0) is 46.5. The Bertz CT molecular complexity index is 3510. The van der Waals surface area contributed by atoms with Crippen LogP contribution in [0, 0.1) is 0 Å². The van der Waals surface area contributed by atoms with Crippen LogP contribution in [0.25, 0.3) is 22.9 Å². The van der Waals surface area contributed by atoms with Gasteiger partial charge in [0.05, 0.1) is 0 Å². The minimum atomic E-state index is -2.87. The van der Waals surface area contributed by atoms with Crippen molar-refractivity contribution in [3.8, 4) is 22.9 Å². The lowest BCUT2D eigenvalue weighted by Gasteiger charge is -2.44. The van der Waals surface area contributed by atoms with Crippen molar-refractivity contribution in [2.75, 3.05) is 9.80 Å². The molecule has 0 amide bonds. The molecule has 330 valence electrons. The zero-order valence-corrected chi connectivity index (χ0v) is 40.1. The first-order valence-electron chi connectivity index (χ1n) is 23.7. The molecule has 0 saturated carbocycles. The fourth-order valence-electron chi connectivity index (χ4n) is 11.3. The third kappa shape index (κ3) is 6.38. The van der Waals surface area contributed by atoms with Gasteiger partial charge in [0.15, 0.2) is 27.8 Å². The van der Waals surface area contributed by atoms with E-state index < -0.39 is 16.1 Å². The van der Waals surface area contributed by atoms with Crippen molar-refractivity contribution in [3.63, 3.8) is 0 Å². The molecule has 0 fully saturated rings. The number of fused-ring (bicyclic) bond motifs is 4. The highest BCUT2D eigenvalue weighted by Gasteiger charge is 2.50. The van der Waals surface area contributed by atoms with Crippen molar-refractivity contribution in [1.82, 2.24) is 19.9 Å². The minimum absolute atomic E-state index is 0.483. The van der Waals surface area contributed by atoms with Gasteiger partial charge in [0.1, 0.15) is 11.5 Å². The normalized spacial score (nSPS) is 13.9. The molecular weight excluding hydrogens is 885 g/mol. The summed E-state index contributed by atoms with van der Waals surface area (Å²) in [6.45, 7) is 0. The first kappa shape index (κ1) is 41.4. The molecule has 11 aromatic rings. The number of anilines is 6. The molecule has 2 aliphatic rings. The summed E-state index contributed by atoms with van der Waals surface area (Å²) < 4.78 is 0. The Hall–Kier alpha value is -8.83. The maximum Gasteiger partial charge on any atom is 0.238 e. The van der Waals surface area contributed by atoms with Crippen molar-refractivity contribution in [2.24, 2.45) is 0 Å². The van der Waals surface area contributed by atoms with E-state index in [0.29, 0.717) is 23.3 Å². The summed E-state index contributed by atoms with van der Waals surface area (Å²) in [7, 11) is -5.69. The molecule has 0 aliphatic carbocycles. The Kier molecular flexibility index (Phi) is 10.1. The molecule has 0 bridgehead atoms. The van der Waals surface area contributed by atoms with Crippen molar-refractivity contribution in [1.29, 1.82) is 0 Å². The summed E-state index contributed by atoms with van der Waals surface area (Å²) in [5, 5.41) is 10.4. The Morgan fingerprint density at radius 1 is 0.257 bits per heavy atom. The highest BCUT2D eigenvalue weighted by molar-refractivity contribution is 7.22. The van der Waals surface area contributed by atoms with Gasteiger partial charge >= 0.3 is 0 Å². The molecule has 8 heteroatoms. The van der Waals surface area contributed by atoms with Crippen LogP contribution in [0.2, 0.25) is 0 Å². The van der Waals surface area contributed by atoms with Crippen molar-refractivity contribution < 1.29 is 0 Å². The van der Waals surface area contributed by atoms with Crippen molar-refractivity contribution in [3.05, 3.63) is 267 Å². The molecule has 0 radical (unpaired) electrons. The molecule has 6 nitrogen and oxygen atoms in total. The number of hydrogen-bond acceptors (Lipinski definition) is 6. The van der Waals surface area contributed by atoms with E-state index in [1.807, 2.05) is 24.3 Å². The van der Waals surface area contributed by atoms with Crippen LogP contribution >= 0.6 is 0 Å². The topological polar surface area (TPSA) is 58.0 Å². The van der Waals surface area contributed by atoms with Gasteiger partial charge < -0.3 is 0 Å². The van der Waals surface area contributed by atoms with E-state index in [1.54, 1.807) is 0 Å². The summed E-state index contributed by atoms with van der Waals surface area (Å²) >= 11 is 0. The molecular formula is C62H44N6Si2. The predicted molar refractivity (Wildman–Crippen MR) is 292 cm³/mol. The van der Waals surface area contributed by atoms with E-state index in [9.17, 15) is 0 Å². The highest BCUT2D eigenvalue weighted by atomic mass is 28.3. The number of aromatic nitrogens is 4. The summed E-state index contributed by atoms with van der Waals surface area (Å²) in [6, 6.07) is 96.2. The Balaban J connectivity index is 1.02. The van der Waals surface area contributed by atoms with Crippen LogP contribution in [-0.2, 0) is 0 Å². The number of hydrogen-bond donors (Lipinski definition) is 0. The largest absolute Gasteiger partial charge is 0.295 e. The van der Waals surface area contributed by atoms with Crippen LogP contribution < -0.4 is 51.3 Å². The monoisotopic (exact) mass is 928 g/mol. The van der Waals surface area contributed by atoms with Gasteiger partial charge in [0.25, 0.3) is 0 Å². The smallest absolute Gasteiger partial charge is 0.238 e. The fraction of sp³-hybridized carbons (Fsp3) is 0. The van der Waals surface area contributed by atoms with E-state index in [1.165, 1.54) is 41.5 Å². The van der Waals surface area contributed by atoms with Crippen LogP contribution in [0.3, 0.4) is 0 Å². The van der Waals surface area contributed by atoms with Crippen LogP contribution in [0.4, 0.5) is 34.5 Å². The number of para-hydroxylation sites is 4. The molecule has 0 saturated heterocycles. The molecule has 9 aromatic carbocycles. The van der Waals surface area contributed by atoms with Gasteiger partial charge in [-0.3, -0.25) is 9.80 Å². The summed E-state index contributed by atoms with van der Waals surface area (Å²) in [5.74, 6) is 2.35. The molecule has 0 atom stereocenters. The van der Waals surface area contributed by atoms with E-state index in [0.717, 1.165) is 34.1 Å². The predicted octanol–water partition coefficient (Wildman–Crippen LogP) is 8.92. The van der Waals surface area contributed by atoms with Crippen LogP contribution in [0.1, 0.15) is 0 Å². The van der Waals surface area contributed by atoms with Gasteiger partial charge in [-0.05, 0) is 77.9 Å². The quantitative estimate of drug-likeness (QED) is 0.142. The molecule has 0 N–H and O–H groups in total. The van der Waals surface area contributed by atoms with Gasteiger partial charge in [0, 0.05) is 28.3 Å². The molecule has 2 aromatic heterocycles. The molecule has 2 aliphatic heterocycles. The maximum atomic E-state index is 5.55. The number of nitrogens with zero attached hydrogens (tertiary/aromatic N) is 6. The van der Waals surface area contributed by atoms with E-state index in [2.05, 4.69) is 252 Å². The van der Waals surface area contributed by atoms with Gasteiger partial charge in [-0.1, -0.05) is 231 Å². The van der Waals surface area contributed by atoms with E-state index in [4.69, 9.17) is 19.9 Å².